The molecule has 0 saturated heterocycles. The Balaban J connectivity index is 2.00. The highest BCUT2D eigenvalue weighted by atomic mass is 32.2. The van der Waals surface area contributed by atoms with Crippen LogP contribution < -0.4 is 5.32 Å². The zero-order chi connectivity index (χ0) is 9.68. The molecule has 1 N–H and O–H groups in total. The van der Waals surface area contributed by atoms with Gasteiger partial charge in [0.05, 0.1) is 6.54 Å². The van der Waals surface area contributed by atoms with E-state index in [1.54, 1.807) is 0 Å². The fourth-order valence-corrected chi connectivity index (χ4v) is 2.14. The van der Waals surface area contributed by atoms with Crippen LogP contribution in [0.4, 0.5) is 0 Å². The quantitative estimate of drug-likeness (QED) is 0.705. The molecule has 1 aliphatic heterocycles. The van der Waals surface area contributed by atoms with Crippen molar-refractivity contribution in [3.8, 4) is 0 Å². The fraction of sp³-hybridized carbons (Fsp3) is 0.900. The highest BCUT2D eigenvalue weighted by Gasteiger charge is 2.13. The average molecular weight is 200 g/mol. The minimum Gasteiger partial charge on any atom is -0.365 e. The number of nitrogens with one attached hydrogen (secondary N) is 1. The molecule has 0 aromatic carbocycles. The molecule has 13 heavy (non-hydrogen) atoms. The Kier molecular flexibility index (Phi) is 4.64. The predicted octanol–water partition coefficient (Wildman–Crippen LogP) is 2.50. The van der Waals surface area contributed by atoms with E-state index in [0.717, 1.165) is 24.2 Å². The molecule has 3 heteroatoms. The Labute approximate surface area is 85.6 Å². The second-order valence-corrected chi connectivity index (χ2v) is 5.46. The Morgan fingerprint density at radius 2 is 2.38 bits per heavy atom. The Morgan fingerprint density at radius 3 is 2.92 bits per heavy atom. The maximum absolute atomic E-state index is 4.40. The molecule has 1 heterocycles. The van der Waals surface area contributed by atoms with Gasteiger partial charge in [-0.15, -0.1) is 0 Å². The first-order chi connectivity index (χ1) is 6.18. The lowest BCUT2D eigenvalue weighted by Crippen LogP contribution is -2.20. The Bertz CT molecular complexity index is 178. The van der Waals surface area contributed by atoms with Crippen LogP contribution in [0.15, 0.2) is 4.99 Å². The van der Waals surface area contributed by atoms with E-state index in [9.17, 15) is 0 Å². The maximum atomic E-state index is 4.40. The smallest absolute Gasteiger partial charge is 0.156 e. The Hall–Kier alpha value is -0.180. The van der Waals surface area contributed by atoms with Crippen molar-refractivity contribution in [2.45, 2.75) is 38.9 Å². The molecule has 0 fully saturated rings. The summed E-state index contributed by atoms with van der Waals surface area (Å²) in [5, 5.41) is 5.20. The first-order valence-electron chi connectivity index (χ1n) is 5.13. The lowest BCUT2D eigenvalue weighted by atomic mass is 10.1. The molecular formula is C10H20N2S. The van der Waals surface area contributed by atoms with Crippen LogP contribution in [0.1, 0.15) is 33.6 Å². The monoisotopic (exact) mass is 200 g/mol. The van der Waals surface area contributed by atoms with Gasteiger partial charge in [-0.1, -0.05) is 32.5 Å². The van der Waals surface area contributed by atoms with E-state index in [0.29, 0.717) is 5.25 Å². The van der Waals surface area contributed by atoms with E-state index in [2.05, 4.69) is 31.1 Å². The summed E-state index contributed by atoms with van der Waals surface area (Å²) >= 11 is 1.86. The minimum atomic E-state index is 0.674. The predicted molar refractivity (Wildman–Crippen MR) is 61.4 cm³/mol. The molecule has 0 spiro atoms. The molecule has 0 aromatic heterocycles. The van der Waals surface area contributed by atoms with Gasteiger partial charge >= 0.3 is 0 Å². The molecule has 0 amide bonds. The van der Waals surface area contributed by atoms with Crippen molar-refractivity contribution >= 4 is 16.9 Å². The van der Waals surface area contributed by atoms with Gasteiger partial charge in [0.15, 0.2) is 5.17 Å². The molecule has 0 aromatic rings. The van der Waals surface area contributed by atoms with Gasteiger partial charge < -0.3 is 5.32 Å². The lowest BCUT2D eigenvalue weighted by Gasteiger charge is -2.07. The molecule has 0 bridgehead atoms. The summed E-state index contributed by atoms with van der Waals surface area (Å²) in [6.45, 7) is 8.82. The van der Waals surface area contributed by atoms with Crippen molar-refractivity contribution in [1.29, 1.82) is 0 Å². The summed E-state index contributed by atoms with van der Waals surface area (Å²) in [6.07, 6.45) is 2.56. The summed E-state index contributed by atoms with van der Waals surface area (Å²) in [4.78, 5) is 4.40. The summed E-state index contributed by atoms with van der Waals surface area (Å²) < 4.78 is 0. The van der Waals surface area contributed by atoms with Crippen molar-refractivity contribution in [3.63, 3.8) is 0 Å². The van der Waals surface area contributed by atoms with Crippen LogP contribution in [0.25, 0.3) is 0 Å². The van der Waals surface area contributed by atoms with E-state index in [-0.39, 0.29) is 0 Å². The third-order valence-corrected chi connectivity index (χ3v) is 3.09. The van der Waals surface area contributed by atoms with Crippen LogP contribution in [0.3, 0.4) is 0 Å². The zero-order valence-corrected chi connectivity index (χ0v) is 9.66. The SMILES string of the molecule is CC(C)CCCNC1=NCC(C)S1. The van der Waals surface area contributed by atoms with Gasteiger partial charge in [-0.05, 0) is 18.8 Å². The second kappa shape index (κ2) is 5.53. The minimum absolute atomic E-state index is 0.674. The number of rotatable bonds is 4. The van der Waals surface area contributed by atoms with Crippen LogP contribution in [-0.4, -0.2) is 23.5 Å². The van der Waals surface area contributed by atoms with Crippen molar-refractivity contribution in [2.75, 3.05) is 13.1 Å². The van der Waals surface area contributed by atoms with E-state index >= 15 is 0 Å². The standard InChI is InChI=1S/C10H20N2S/c1-8(2)5-4-6-11-10-12-7-9(3)13-10/h8-9H,4-7H2,1-3H3,(H,11,12). The lowest BCUT2D eigenvalue weighted by molar-refractivity contribution is 0.552. The molecule has 76 valence electrons. The summed E-state index contributed by atoms with van der Waals surface area (Å²) in [5.41, 5.74) is 0. The number of aliphatic imine (C=N–C) groups is 1. The average Bonchev–Trinajstić information content (AvgIpc) is 2.45. The number of amidine groups is 1. The van der Waals surface area contributed by atoms with Gasteiger partial charge in [0.1, 0.15) is 0 Å². The fourth-order valence-electron chi connectivity index (χ4n) is 1.28. The third-order valence-electron chi connectivity index (χ3n) is 2.04. The molecule has 0 saturated carbocycles. The van der Waals surface area contributed by atoms with E-state index in [1.165, 1.54) is 12.8 Å². The molecular weight excluding hydrogens is 180 g/mol. The van der Waals surface area contributed by atoms with E-state index in [4.69, 9.17) is 0 Å². The molecule has 1 unspecified atom stereocenters. The molecule has 0 aliphatic carbocycles. The van der Waals surface area contributed by atoms with Gasteiger partial charge in [-0.25, -0.2) is 0 Å². The first-order valence-corrected chi connectivity index (χ1v) is 6.01. The molecule has 1 aliphatic rings. The van der Waals surface area contributed by atoms with Crippen LogP contribution >= 0.6 is 11.8 Å². The summed E-state index contributed by atoms with van der Waals surface area (Å²) in [6, 6.07) is 0. The molecule has 1 atom stereocenters. The van der Waals surface area contributed by atoms with Gasteiger partial charge in [-0.2, -0.15) is 0 Å². The topological polar surface area (TPSA) is 24.4 Å². The molecule has 1 rings (SSSR count). The third kappa shape index (κ3) is 4.55. The Morgan fingerprint density at radius 1 is 1.62 bits per heavy atom. The van der Waals surface area contributed by atoms with Crippen LogP contribution in [0, 0.1) is 5.92 Å². The number of thioether (sulfide) groups is 1. The van der Waals surface area contributed by atoms with Crippen LogP contribution in [0.2, 0.25) is 0 Å². The summed E-state index contributed by atoms with van der Waals surface area (Å²) in [7, 11) is 0. The first kappa shape index (κ1) is 10.9. The second-order valence-electron chi connectivity index (χ2n) is 4.04. The van der Waals surface area contributed by atoms with Crippen molar-refractivity contribution in [3.05, 3.63) is 0 Å². The van der Waals surface area contributed by atoms with Crippen molar-refractivity contribution in [1.82, 2.24) is 5.32 Å². The highest BCUT2D eigenvalue weighted by molar-refractivity contribution is 8.14. The van der Waals surface area contributed by atoms with Crippen molar-refractivity contribution in [2.24, 2.45) is 10.9 Å². The summed E-state index contributed by atoms with van der Waals surface area (Å²) in [5.74, 6) is 0.818. The normalized spacial score (nSPS) is 22.2. The van der Waals surface area contributed by atoms with E-state index < -0.39 is 0 Å². The van der Waals surface area contributed by atoms with Gasteiger partial charge in [0, 0.05) is 11.8 Å². The van der Waals surface area contributed by atoms with E-state index in [1.807, 2.05) is 11.8 Å². The van der Waals surface area contributed by atoms with Gasteiger partial charge in [-0.3, -0.25) is 4.99 Å². The largest absolute Gasteiger partial charge is 0.365 e. The van der Waals surface area contributed by atoms with Gasteiger partial charge in [0.2, 0.25) is 0 Å². The maximum Gasteiger partial charge on any atom is 0.156 e. The van der Waals surface area contributed by atoms with Crippen LogP contribution in [-0.2, 0) is 0 Å². The zero-order valence-electron chi connectivity index (χ0n) is 8.84. The number of nitrogens with zero attached hydrogens (tertiary/aromatic N) is 1. The van der Waals surface area contributed by atoms with Gasteiger partial charge in [0.25, 0.3) is 0 Å². The van der Waals surface area contributed by atoms with Crippen LogP contribution in [0.5, 0.6) is 0 Å². The number of hydrogen-bond acceptors (Lipinski definition) is 3. The number of hydrogen-bond donors (Lipinski definition) is 1. The highest BCUT2D eigenvalue weighted by Crippen LogP contribution is 2.18. The molecule has 0 radical (unpaired) electrons. The molecule has 2 nitrogen and oxygen atoms in total. The van der Waals surface area contributed by atoms with Crippen molar-refractivity contribution < 1.29 is 0 Å².